The molecule has 0 bridgehead atoms. The predicted molar refractivity (Wildman–Crippen MR) is 132 cm³/mol. The summed E-state index contributed by atoms with van der Waals surface area (Å²) >= 11 is 9.93. The van der Waals surface area contributed by atoms with Gasteiger partial charge in [0.1, 0.15) is 5.82 Å². The Balaban J connectivity index is 1.41. The zero-order valence-corrected chi connectivity index (χ0v) is 19.5. The van der Waals surface area contributed by atoms with Gasteiger partial charge in [0.2, 0.25) is 0 Å². The van der Waals surface area contributed by atoms with Crippen molar-refractivity contribution in [1.29, 1.82) is 0 Å². The molecule has 7 nitrogen and oxygen atoms in total. The molecule has 2 aromatic carbocycles. The maximum Gasteiger partial charge on any atom is 0.291 e. The highest BCUT2D eigenvalue weighted by Gasteiger charge is 2.14. The maximum atomic E-state index is 12.3. The Bertz CT molecular complexity index is 1450. The number of furan rings is 1. The van der Waals surface area contributed by atoms with E-state index in [9.17, 15) is 4.79 Å². The lowest BCUT2D eigenvalue weighted by Gasteiger charge is -2.12. The average molecular weight is 523 g/mol. The van der Waals surface area contributed by atoms with Crippen LogP contribution in [0.1, 0.15) is 16.1 Å². The summed E-state index contributed by atoms with van der Waals surface area (Å²) in [5, 5.41) is 11.3. The molecule has 1 amide bonds. The molecule has 164 valence electrons. The predicted octanol–water partition coefficient (Wildman–Crippen LogP) is 6.27. The summed E-state index contributed by atoms with van der Waals surface area (Å²) in [5.41, 5.74) is 3.89. The van der Waals surface area contributed by atoms with Gasteiger partial charge in [0, 0.05) is 28.9 Å². The zero-order valence-electron chi connectivity index (χ0n) is 17.1. The summed E-state index contributed by atoms with van der Waals surface area (Å²) in [5.74, 6) is 0.714. The molecule has 3 heterocycles. The molecule has 0 aliphatic rings. The van der Waals surface area contributed by atoms with Gasteiger partial charge in [0.05, 0.1) is 22.6 Å². The van der Waals surface area contributed by atoms with Crippen LogP contribution < -0.4 is 10.6 Å². The van der Waals surface area contributed by atoms with Crippen LogP contribution in [0.4, 0.5) is 11.5 Å². The van der Waals surface area contributed by atoms with Crippen molar-refractivity contribution in [2.45, 2.75) is 6.54 Å². The molecule has 9 heteroatoms. The van der Waals surface area contributed by atoms with Crippen molar-refractivity contribution >= 4 is 50.6 Å². The lowest BCUT2D eigenvalue weighted by atomic mass is 10.1. The second-order valence-electron chi connectivity index (χ2n) is 7.22. The number of rotatable bonds is 6. The number of hydrogen-bond acceptors (Lipinski definition) is 5. The van der Waals surface area contributed by atoms with E-state index >= 15 is 0 Å². The molecule has 5 aromatic rings. The summed E-state index contributed by atoms with van der Waals surface area (Å²) in [4.78, 5) is 17.0. The number of carbonyl (C=O) groups excluding carboxylic acids is 1. The molecule has 0 saturated heterocycles. The molecule has 0 saturated carbocycles. The largest absolute Gasteiger partial charge is 0.459 e. The van der Waals surface area contributed by atoms with E-state index in [0.717, 1.165) is 27.1 Å². The molecular weight excluding hydrogens is 506 g/mol. The van der Waals surface area contributed by atoms with Crippen molar-refractivity contribution < 1.29 is 9.21 Å². The number of anilines is 2. The van der Waals surface area contributed by atoms with Crippen molar-refractivity contribution in [3.63, 3.8) is 0 Å². The second-order valence-corrected chi connectivity index (χ2v) is 8.48. The molecule has 0 aliphatic carbocycles. The monoisotopic (exact) mass is 521 g/mol. The van der Waals surface area contributed by atoms with Gasteiger partial charge in [0.25, 0.3) is 5.91 Å². The number of benzene rings is 2. The highest BCUT2D eigenvalue weighted by molar-refractivity contribution is 9.10. The van der Waals surface area contributed by atoms with Crippen molar-refractivity contribution in [3.8, 4) is 11.3 Å². The first-order chi connectivity index (χ1) is 16.1. The number of carbonyl (C=O) groups is 1. The van der Waals surface area contributed by atoms with Crippen LogP contribution in [0.15, 0.2) is 88.1 Å². The van der Waals surface area contributed by atoms with Gasteiger partial charge >= 0.3 is 0 Å². The highest BCUT2D eigenvalue weighted by Crippen LogP contribution is 2.30. The molecule has 5 rings (SSSR count). The van der Waals surface area contributed by atoms with Crippen molar-refractivity contribution in [3.05, 3.63) is 100 Å². The smallest absolute Gasteiger partial charge is 0.291 e. The molecule has 0 spiro atoms. The lowest BCUT2D eigenvalue weighted by molar-refractivity contribution is 0.0996. The van der Waals surface area contributed by atoms with Gasteiger partial charge in [-0.05, 0) is 51.8 Å². The van der Waals surface area contributed by atoms with Crippen LogP contribution in [-0.2, 0) is 6.54 Å². The van der Waals surface area contributed by atoms with E-state index in [-0.39, 0.29) is 11.7 Å². The quantitative estimate of drug-likeness (QED) is 0.275. The summed E-state index contributed by atoms with van der Waals surface area (Å²) in [6.07, 6.45) is 3.17. The Hall–Kier alpha value is -3.62. The van der Waals surface area contributed by atoms with E-state index in [2.05, 4.69) is 31.7 Å². The molecule has 0 aliphatic heterocycles. The lowest BCUT2D eigenvalue weighted by Crippen LogP contribution is -2.11. The third-order valence-corrected chi connectivity index (χ3v) is 5.87. The fraction of sp³-hybridized carbons (Fsp3) is 0.0417. The first-order valence-corrected chi connectivity index (χ1v) is 11.2. The van der Waals surface area contributed by atoms with Crippen molar-refractivity contribution in [2.75, 3.05) is 10.6 Å². The van der Waals surface area contributed by atoms with Crippen LogP contribution in [0.25, 0.3) is 16.9 Å². The van der Waals surface area contributed by atoms with E-state index in [0.29, 0.717) is 22.9 Å². The van der Waals surface area contributed by atoms with Gasteiger partial charge in [-0.1, -0.05) is 41.9 Å². The number of nitrogens with zero attached hydrogens (tertiary/aromatic N) is 3. The van der Waals surface area contributed by atoms with E-state index in [4.69, 9.17) is 21.0 Å². The van der Waals surface area contributed by atoms with Gasteiger partial charge in [-0.3, -0.25) is 4.79 Å². The maximum absolute atomic E-state index is 12.3. The standard InChI is InChI=1S/C24H17BrClN5O2/c25-18-14-28-31-22(12-20(30-23(18)31)17-7-1-2-8-19(17)26)27-13-15-5-3-6-16(11-15)29-24(32)21-9-4-10-33-21/h1-12,14,27H,13H2,(H,29,32). The van der Waals surface area contributed by atoms with Gasteiger partial charge < -0.3 is 15.1 Å². The van der Waals surface area contributed by atoms with Gasteiger partial charge in [-0.25, -0.2) is 4.98 Å². The molecule has 0 atom stereocenters. The van der Waals surface area contributed by atoms with Crippen molar-refractivity contribution in [2.24, 2.45) is 0 Å². The summed E-state index contributed by atoms with van der Waals surface area (Å²) in [6.45, 7) is 0.503. The summed E-state index contributed by atoms with van der Waals surface area (Å²) in [6, 6.07) is 20.4. The van der Waals surface area contributed by atoms with Crippen LogP contribution >= 0.6 is 27.5 Å². The summed E-state index contributed by atoms with van der Waals surface area (Å²) < 4.78 is 7.66. The number of hydrogen-bond donors (Lipinski definition) is 2. The van der Waals surface area contributed by atoms with Crippen LogP contribution in [-0.4, -0.2) is 20.5 Å². The first kappa shape index (κ1) is 21.2. The minimum atomic E-state index is -0.299. The van der Waals surface area contributed by atoms with Crippen molar-refractivity contribution in [1.82, 2.24) is 14.6 Å². The second kappa shape index (κ2) is 9.09. The van der Waals surface area contributed by atoms with E-state index in [1.165, 1.54) is 6.26 Å². The molecule has 0 fully saturated rings. The molecule has 3 aromatic heterocycles. The molecular formula is C24H17BrClN5O2. The Morgan fingerprint density at radius 2 is 1.97 bits per heavy atom. The van der Waals surface area contributed by atoms with Crippen LogP contribution in [0.2, 0.25) is 5.02 Å². The first-order valence-electron chi connectivity index (χ1n) is 10.1. The number of aromatic nitrogens is 3. The number of fused-ring (bicyclic) bond motifs is 1. The zero-order chi connectivity index (χ0) is 22.8. The van der Waals surface area contributed by atoms with E-state index < -0.39 is 0 Å². The average Bonchev–Trinajstić information content (AvgIpc) is 3.49. The number of nitrogens with one attached hydrogen (secondary N) is 2. The Morgan fingerprint density at radius 1 is 1.09 bits per heavy atom. The van der Waals surface area contributed by atoms with Crippen LogP contribution in [0.5, 0.6) is 0 Å². The summed E-state index contributed by atoms with van der Waals surface area (Å²) in [7, 11) is 0. The normalized spacial score (nSPS) is 11.0. The fourth-order valence-electron chi connectivity index (χ4n) is 3.42. The topological polar surface area (TPSA) is 84.5 Å². The fourth-order valence-corrected chi connectivity index (χ4v) is 4.00. The molecule has 33 heavy (non-hydrogen) atoms. The Morgan fingerprint density at radius 3 is 2.79 bits per heavy atom. The Kier molecular flexibility index (Phi) is 5.85. The molecule has 2 N–H and O–H groups in total. The van der Waals surface area contributed by atoms with E-state index in [1.807, 2.05) is 54.6 Å². The number of halogens is 2. The molecule has 0 radical (unpaired) electrons. The third kappa shape index (κ3) is 4.48. The minimum absolute atomic E-state index is 0.258. The van der Waals surface area contributed by atoms with Gasteiger partial charge in [0.15, 0.2) is 11.4 Å². The number of amides is 1. The minimum Gasteiger partial charge on any atom is -0.459 e. The highest BCUT2D eigenvalue weighted by atomic mass is 79.9. The Labute approximate surface area is 202 Å². The van der Waals surface area contributed by atoms with Crippen LogP contribution in [0, 0.1) is 0 Å². The van der Waals surface area contributed by atoms with E-state index in [1.54, 1.807) is 22.8 Å². The SMILES string of the molecule is O=C(Nc1cccc(CNc2cc(-c3ccccc3Cl)nc3c(Br)cnn23)c1)c1ccco1. The molecule has 0 unspecified atom stereocenters. The van der Waals surface area contributed by atoms with Gasteiger partial charge in [-0.2, -0.15) is 9.61 Å². The van der Waals surface area contributed by atoms with Gasteiger partial charge in [-0.15, -0.1) is 0 Å². The van der Waals surface area contributed by atoms with Crippen LogP contribution in [0.3, 0.4) is 0 Å². The third-order valence-electron chi connectivity index (χ3n) is 4.98.